The van der Waals surface area contributed by atoms with Crippen LogP contribution in [-0.2, 0) is 6.42 Å². The fraction of sp³-hybridized carbons (Fsp3) is 0.250. The van der Waals surface area contributed by atoms with Gasteiger partial charge in [-0.2, -0.15) is 4.68 Å². The first-order chi connectivity index (χ1) is 11.1. The van der Waals surface area contributed by atoms with E-state index in [0.717, 1.165) is 23.3 Å². The molecule has 1 aliphatic heterocycles. The topological polar surface area (TPSA) is 39.8 Å². The molecule has 3 heterocycles. The highest BCUT2D eigenvalue weighted by Gasteiger charge is 2.29. The van der Waals surface area contributed by atoms with Gasteiger partial charge >= 0.3 is 5.69 Å². The van der Waals surface area contributed by atoms with Crippen LogP contribution in [0.1, 0.15) is 35.2 Å². The lowest BCUT2D eigenvalue weighted by Crippen LogP contribution is -2.26. The highest BCUT2D eigenvalue weighted by molar-refractivity contribution is 7.10. The van der Waals surface area contributed by atoms with E-state index in [2.05, 4.69) is 5.10 Å². The molecule has 0 N–H and O–H groups in total. The van der Waals surface area contributed by atoms with Crippen molar-refractivity contribution in [3.63, 3.8) is 0 Å². The molecule has 7 heteroatoms. The Morgan fingerprint density at radius 1 is 1.26 bits per heavy atom. The molecule has 4 nitrogen and oxygen atoms in total. The van der Waals surface area contributed by atoms with Gasteiger partial charge in [-0.3, -0.25) is 4.57 Å². The van der Waals surface area contributed by atoms with Crippen LogP contribution in [0.3, 0.4) is 0 Å². The van der Waals surface area contributed by atoms with Gasteiger partial charge in [0.1, 0.15) is 5.82 Å². The second kappa shape index (κ2) is 5.42. The summed E-state index contributed by atoms with van der Waals surface area (Å²) in [5, 5.41) is 5.88. The van der Waals surface area contributed by atoms with E-state index >= 15 is 0 Å². The van der Waals surface area contributed by atoms with Crippen molar-refractivity contribution < 1.29 is 8.78 Å². The number of nitrogens with zero attached hydrogens (tertiary/aromatic N) is 3. The number of benzene rings is 1. The van der Waals surface area contributed by atoms with Crippen molar-refractivity contribution in [1.29, 1.82) is 0 Å². The fourth-order valence-corrected chi connectivity index (χ4v) is 3.74. The van der Waals surface area contributed by atoms with Gasteiger partial charge in [0.2, 0.25) is 0 Å². The van der Waals surface area contributed by atoms with Gasteiger partial charge < -0.3 is 0 Å². The summed E-state index contributed by atoms with van der Waals surface area (Å²) in [6.45, 7) is 0. The third kappa shape index (κ3) is 2.31. The first-order valence-corrected chi connectivity index (χ1v) is 8.15. The molecule has 0 unspecified atom stereocenters. The van der Waals surface area contributed by atoms with Crippen LogP contribution in [0.4, 0.5) is 8.78 Å². The summed E-state index contributed by atoms with van der Waals surface area (Å²) in [5.41, 5.74) is 1.19. The monoisotopic (exact) mass is 333 g/mol. The maximum absolute atomic E-state index is 12.7. The zero-order chi connectivity index (χ0) is 16.0. The van der Waals surface area contributed by atoms with E-state index in [0.29, 0.717) is 17.9 Å². The summed E-state index contributed by atoms with van der Waals surface area (Å²) in [4.78, 5) is 12.6. The maximum atomic E-state index is 12.7. The van der Waals surface area contributed by atoms with Crippen molar-refractivity contribution in [3.05, 3.63) is 68.5 Å². The molecule has 0 bridgehead atoms. The van der Waals surface area contributed by atoms with Crippen molar-refractivity contribution >= 4 is 11.3 Å². The summed E-state index contributed by atoms with van der Waals surface area (Å²) in [6.07, 6.45) is -1.00. The van der Waals surface area contributed by atoms with E-state index < -0.39 is 6.43 Å². The second-order valence-electron chi connectivity index (χ2n) is 5.45. The summed E-state index contributed by atoms with van der Waals surface area (Å²) in [7, 11) is 0. The lowest BCUT2D eigenvalue weighted by atomic mass is 10.1. The molecule has 0 saturated heterocycles. The molecular weight excluding hydrogens is 320 g/mol. The minimum atomic E-state index is -2.53. The van der Waals surface area contributed by atoms with Crippen molar-refractivity contribution in [2.75, 3.05) is 0 Å². The molecule has 0 radical (unpaired) electrons. The molecule has 1 atom stereocenters. The number of hydrogen-bond donors (Lipinski definition) is 0. The Bertz CT molecular complexity index is 898. The molecule has 0 fully saturated rings. The summed E-state index contributed by atoms with van der Waals surface area (Å²) in [5.74, 6) is 0.702. The van der Waals surface area contributed by atoms with Gasteiger partial charge in [-0.15, -0.1) is 16.4 Å². The molecule has 4 rings (SSSR count). The third-order valence-corrected chi connectivity index (χ3v) is 5.01. The lowest BCUT2D eigenvalue weighted by Gasteiger charge is -2.11. The lowest BCUT2D eigenvalue weighted by molar-refractivity contribution is 0.155. The van der Waals surface area contributed by atoms with E-state index in [1.165, 1.54) is 10.7 Å². The van der Waals surface area contributed by atoms with E-state index in [4.69, 9.17) is 0 Å². The van der Waals surface area contributed by atoms with Crippen molar-refractivity contribution in [3.8, 4) is 5.69 Å². The van der Waals surface area contributed by atoms with Gasteiger partial charge in [0.25, 0.3) is 6.43 Å². The molecule has 1 aliphatic rings. The van der Waals surface area contributed by atoms with Crippen molar-refractivity contribution in [2.45, 2.75) is 25.3 Å². The van der Waals surface area contributed by atoms with Crippen LogP contribution in [0, 0.1) is 0 Å². The number of aromatic nitrogens is 3. The van der Waals surface area contributed by atoms with Crippen molar-refractivity contribution in [1.82, 2.24) is 14.3 Å². The Morgan fingerprint density at radius 2 is 2.04 bits per heavy atom. The summed E-state index contributed by atoms with van der Waals surface area (Å²) in [6, 6.07) is 11.1. The highest BCUT2D eigenvalue weighted by atomic mass is 32.1. The van der Waals surface area contributed by atoms with Crippen LogP contribution in [0.2, 0.25) is 0 Å². The van der Waals surface area contributed by atoms with E-state index in [9.17, 15) is 13.6 Å². The smallest absolute Gasteiger partial charge is 0.271 e. The van der Waals surface area contributed by atoms with Gasteiger partial charge in [-0.05, 0) is 18.1 Å². The number of halogens is 2. The predicted octanol–water partition coefficient (Wildman–Crippen LogP) is 3.57. The Kier molecular flexibility index (Phi) is 3.37. The number of thiophene rings is 1. The van der Waals surface area contributed by atoms with Gasteiger partial charge in [0, 0.05) is 11.8 Å². The van der Waals surface area contributed by atoms with Gasteiger partial charge in [-0.25, -0.2) is 13.6 Å². The van der Waals surface area contributed by atoms with E-state index in [1.807, 2.05) is 30.3 Å². The van der Waals surface area contributed by atoms with E-state index in [-0.39, 0.29) is 16.6 Å². The SMILES string of the molecule is O=c1n(-c2csc(C(F)F)c2)nc2n1[C@H](c1ccccc1)CC2. The van der Waals surface area contributed by atoms with Gasteiger partial charge in [-0.1, -0.05) is 30.3 Å². The summed E-state index contributed by atoms with van der Waals surface area (Å²) < 4.78 is 28.4. The molecule has 118 valence electrons. The average molecular weight is 333 g/mol. The van der Waals surface area contributed by atoms with Crippen LogP contribution in [0.25, 0.3) is 5.69 Å². The number of fused-ring (bicyclic) bond motifs is 1. The summed E-state index contributed by atoms with van der Waals surface area (Å²) >= 11 is 0.940. The standard InChI is InChI=1S/C16H13F2N3OS/c17-15(18)13-8-11(9-23-13)21-16(22)20-12(6-7-14(20)19-21)10-4-2-1-3-5-10/h1-5,8-9,12,15H,6-7H2/t12-/m0/s1. The van der Waals surface area contributed by atoms with Crippen LogP contribution in [0.15, 0.2) is 46.6 Å². The molecular formula is C16H13F2N3OS. The first-order valence-electron chi connectivity index (χ1n) is 7.27. The zero-order valence-electron chi connectivity index (χ0n) is 12.0. The molecule has 0 saturated carbocycles. The Hall–Kier alpha value is -2.28. The van der Waals surface area contributed by atoms with Crippen molar-refractivity contribution in [2.24, 2.45) is 0 Å². The van der Waals surface area contributed by atoms with Gasteiger partial charge in [0.05, 0.1) is 16.6 Å². The number of aryl methyl sites for hydroxylation is 1. The molecule has 2 aromatic heterocycles. The fourth-order valence-electron chi connectivity index (χ4n) is 3.02. The van der Waals surface area contributed by atoms with Crippen LogP contribution < -0.4 is 5.69 Å². The predicted molar refractivity (Wildman–Crippen MR) is 83.6 cm³/mol. The van der Waals surface area contributed by atoms with E-state index in [1.54, 1.807) is 9.95 Å². The molecule has 3 aromatic rings. The second-order valence-corrected chi connectivity index (χ2v) is 6.40. The quantitative estimate of drug-likeness (QED) is 0.735. The molecule has 0 aliphatic carbocycles. The minimum Gasteiger partial charge on any atom is -0.271 e. The van der Waals surface area contributed by atoms with Crippen LogP contribution in [0.5, 0.6) is 0 Å². The maximum Gasteiger partial charge on any atom is 0.351 e. The van der Waals surface area contributed by atoms with Crippen LogP contribution >= 0.6 is 11.3 Å². The Balaban J connectivity index is 1.77. The van der Waals surface area contributed by atoms with Crippen LogP contribution in [-0.4, -0.2) is 14.3 Å². The largest absolute Gasteiger partial charge is 0.351 e. The average Bonchev–Trinajstić information content (AvgIpc) is 3.24. The zero-order valence-corrected chi connectivity index (χ0v) is 12.8. The molecule has 1 aromatic carbocycles. The van der Waals surface area contributed by atoms with Gasteiger partial charge in [0.15, 0.2) is 0 Å². The molecule has 0 amide bonds. The minimum absolute atomic E-state index is 0.0411. The Labute approximate surface area is 134 Å². The normalized spacial score (nSPS) is 16.9. The molecule has 23 heavy (non-hydrogen) atoms. The Morgan fingerprint density at radius 3 is 2.74 bits per heavy atom. The molecule has 0 spiro atoms. The highest BCUT2D eigenvalue weighted by Crippen LogP contribution is 2.31. The third-order valence-electron chi connectivity index (χ3n) is 4.08. The number of rotatable bonds is 3. The first kappa shape index (κ1) is 14.3. The number of alkyl halides is 2. The number of hydrogen-bond acceptors (Lipinski definition) is 3.